The molecule has 0 fully saturated rings. The van der Waals surface area contributed by atoms with Crippen LogP contribution in [0.2, 0.25) is 0 Å². The fourth-order valence-corrected chi connectivity index (χ4v) is 4.67. The molecule has 0 saturated carbocycles. The highest BCUT2D eigenvalue weighted by molar-refractivity contribution is 5.96. The maximum Gasteiger partial charge on any atom is 0.161 e. The molecule has 0 unspecified atom stereocenters. The lowest BCUT2D eigenvalue weighted by atomic mass is 10.1. The third-order valence-corrected chi connectivity index (χ3v) is 6.15. The molecule has 0 amide bonds. The first-order valence-electron chi connectivity index (χ1n) is 11.0. The van der Waals surface area contributed by atoms with Crippen molar-refractivity contribution >= 4 is 16.6 Å². The van der Waals surface area contributed by atoms with E-state index in [4.69, 9.17) is 19.2 Å². The minimum absolute atomic E-state index is 0.0249. The summed E-state index contributed by atoms with van der Waals surface area (Å²) < 4.78 is 18.3. The lowest BCUT2D eigenvalue weighted by molar-refractivity contribution is 0.0956. The summed E-state index contributed by atoms with van der Waals surface area (Å²) in [4.78, 5) is 7.29. The van der Waals surface area contributed by atoms with Crippen LogP contribution in [0.1, 0.15) is 11.3 Å². The normalized spacial score (nSPS) is 16.8. The Hall–Kier alpha value is -3.73. The Balaban J connectivity index is 1.33. The summed E-state index contributed by atoms with van der Waals surface area (Å²) in [6.07, 6.45) is 0.959. The molecule has 0 saturated heterocycles. The quantitative estimate of drug-likeness (QED) is 0.430. The molecule has 4 aromatic rings. The SMILES string of the molecule is Cc1nc2ccc(Oc3ccccc3)cc2c2c1CCN2C[C@@H]1COc2ccccc2O1. The number of fused-ring (bicyclic) bond motifs is 4. The molecule has 3 heterocycles. The van der Waals surface area contributed by atoms with Gasteiger partial charge >= 0.3 is 0 Å². The predicted molar refractivity (Wildman–Crippen MR) is 125 cm³/mol. The van der Waals surface area contributed by atoms with Crippen LogP contribution in [0.25, 0.3) is 10.9 Å². The minimum Gasteiger partial charge on any atom is -0.486 e. The molecule has 0 radical (unpaired) electrons. The van der Waals surface area contributed by atoms with Crippen LogP contribution in [-0.4, -0.2) is 30.8 Å². The van der Waals surface area contributed by atoms with E-state index in [9.17, 15) is 0 Å². The fraction of sp³-hybridized carbons (Fsp3) is 0.222. The van der Waals surface area contributed by atoms with Crippen molar-refractivity contribution in [2.24, 2.45) is 0 Å². The molecule has 1 aromatic heterocycles. The summed E-state index contributed by atoms with van der Waals surface area (Å²) >= 11 is 0. The number of pyridine rings is 1. The van der Waals surface area contributed by atoms with Gasteiger partial charge in [-0.25, -0.2) is 0 Å². The van der Waals surface area contributed by atoms with Crippen molar-refractivity contribution in [3.8, 4) is 23.0 Å². The first kappa shape index (κ1) is 19.0. The molecule has 32 heavy (non-hydrogen) atoms. The highest BCUT2D eigenvalue weighted by Gasteiger charge is 2.29. The lowest BCUT2D eigenvalue weighted by Crippen LogP contribution is -2.40. The molecule has 0 spiro atoms. The summed E-state index contributed by atoms with van der Waals surface area (Å²) in [6, 6.07) is 23.9. The van der Waals surface area contributed by atoms with Crippen molar-refractivity contribution in [3.05, 3.63) is 84.1 Å². The Labute approximate surface area is 187 Å². The van der Waals surface area contributed by atoms with Crippen LogP contribution in [-0.2, 0) is 6.42 Å². The van der Waals surface area contributed by atoms with E-state index in [-0.39, 0.29) is 6.10 Å². The van der Waals surface area contributed by atoms with Crippen molar-refractivity contribution in [2.45, 2.75) is 19.4 Å². The standard InChI is InChI=1S/C27H24N2O3/c1-18-22-13-14-29(16-21-17-30-25-9-5-6-10-26(25)32-21)27(22)23-15-20(11-12-24(23)28-18)31-19-7-3-2-4-8-19/h2-12,15,21H,13-14,16-17H2,1H3/t21-/m1/s1. The maximum absolute atomic E-state index is 6.25. The van der Waals surface area contributed by atoms with Crippen molar-refractivity contribution in [3.63, 3.8) is 0 Å². The number of ether oxygens (including phenoxy) is 3. The van der Waals surface area contributed by atoms with Crippen LogP contribution in [0, 0.1) is 6.92 Å². The number of rotatable bonds is 4. The largest absolute Gasteiger partial charge is 0.486 e. The molecule has 6 rings (SSSR count). The molecule has 5 heteroatoms. The molecule has 0 aliphatic carbocycles. The topological polar surface area (TPSA) is 43.8 Å². The monoisotopic (exact) mass is 424 g/mol. The van der Waals surface area contributed by atoms with E-state index in [0.717, 1.165) is 59.1 Å². The van der Waals surface area contributed by atoms with Gasteiger partial charge in [-0.2, -0.15) is 0 Å². The number of hydrogen-bond donors (Lipinski definition) is 0. The lowest BCUT2D eigenvalue weighted by Gasteiger charge is -2.31. The zero-order valence-electron chi connectivity index (χ0n) is 18.0. The van der Waals surface area contributed by atoms with Gasteiger partial charge in [0, 0.05) is 17.6 Å². The minimum atomic E-state index is -0.0249. The van der Waals surface area contributed by atoms with Crippen molar-refractivity contribution < 1.29 is 14.2 Å². The Morgan fingerprint density at radius 1 is 0.969 bits per heavy atom. The maximum atomic E-state index is 6.25. The number of nitrogens with zero attached hydrogens (tertiary/aromatic N) is 2. The summed E-state index contributed by atoms with van der Waals surface area (Å²) in [5.74, 6) is 3.28. The zero-order valence-corrected chi connectivity index (χ0v) is 18.0. The molecule has 2 aliphatic rings. The van der Waals surface area contributed by atoms with Crippen LogP contribution in [0.5, 0.6) is 23.0 Å². The molecule has 0 N–H and O–H groups in total. The Morgan fingerprint density at radius 2 is 1.78 bits per heavy atom. The van der Waals surface area contributed by atoms with Gasteiger partial charge in [0.25, 0.3) is 0 Å². The van der Waals surface area contributed by atoms with Gasteiger partial charge in [0.1, 0.15) is 18.1 Å². The average molecular weight is 425 g/mol. The fourth-order valence-electron chi connectivity index (χ4n) is 4.67. The van der Waals surface area contributed by atoms with Crippen molar-refractivity contribution in [1.82, 2.24) is 4.98 Å². The van der Waals surface area contributed by atoms with Gasteiger partial charge in [-0.1, -0.05) is 30.3 Å². The average Bonchev–Trinajstić information content (AvgIpc) is 3.25. The van der Waals surface area contributed by atoms with Crippen molar-refractivity contribution in [1.29, 1.82) is 0 Å². The molecule has 2 aliphatic heterocycles. The van der Waals surface area contributed by atoms with Crippen LogP contribution < -0.4 is 19.1 Å². The second kappa shape index (κ2) is 7.75. The molecule has 5 nitrogen and oxygen atoms in total. The molecular weight excluding hydrogens is 400 g/mol. The number of anilines is 1. The van der Waals surface area contributed by atoms with E-state index >= 15 is 0 Å². The zero-order chi connectivity index (χ0) is 21.5. The second-order valence-electron chi connectivity index (χ2n) is 8.31. The third-order valence-electron chi connectivity index (χ3n) is 6.15. The predicted octanol–water partition coefficient (Wildman–Crippen LogP) is 5.54. The number of aryl methyl sites for hydroxylation is 1. The highest BCUT2D eigenvalue weighted by atomic mass is 16.6. The number of para-hydroxylation sites is 3. The van der Waals surface area contributed by atoms with Gasteiger partial charge in [0.2, 0.25) is 0 Å². The third kappa shape index (κ3) is 3.40. The Morgan fingerprint density at radius 3 is 2.66 bits per heavy atom. The van der Waals surface area contributed by atoms with Gasteiger partial charge in [-0.15, -0.1) is 0 Å². The second-order valence-corrected chi connectivity index (χ2v) is 8.31. The Kier molecular flexibility index (Phi) is 4.60. The van der Waals surface area contributed by atoms with E-state index in [2.05, 4.69) is 17.9 Å². The molecular formula is C27H24N2O3. The van der Waals surface area contributed by atoms with E-state index in [1.54, 1.807) is 0 Å². The molecule has 160 valence electrons. The van der Waals surface area contributed by atoms with Crippen LogP contribution in [0.3, 0.4) is 0 Å². The van der Waals surface area contributed by atoms with E-state index < -0.39 is 0 Å². The first-order chi connectivity index (χ1) is 15.7. The first-order valence-corrected chi connectivity index (χ1v) is 11.0. The number of hydrogen-bond acceptors (Lipinski definition) is 5. The van der Waals surface area contributed by atoms with Gasteiger partial charge < -0.3 is 19.1 Å². The highest BCUT2D eigenvalue weighted by Crippen LogP contribution is 2.39. The van der Waals surface area contributed by atoms with Gasteiger partial charge in [0.05, 0.1) is 17.7 Å². The Bertz CT molecular complexity index is 1290. The van der Waals surface area contributed by atoms with Gasteiger partial charge in [-0.05, 0) is 61.4 Å². The van der Waals surface area contributed by atoms with Crippen molar-refractivity contribution in [2.75, 3.05) is 24.6 Å². The summed E-state index contributed by atoms with van der Waals surface area (Å²) in [6.45, 7) is 4.37. The molecule has 0 bridgehead atoms. The number of aromatic nitrogens is 1. The number of benzene rings is 3. The summed E-state index contributed by atoms with van der Waals surface area (Å²) in [5, 5.41) is 1.12. The van der Waals surface area contributed by atoms with Gasteiger partial charge in [-0.3, -0.25) is 4.98 Å². The van der Waals surface area contributed by atoms with Crippen LogP contribution >= 0.6 is 0 Å². The molecule has 1 atom stereocenters. The van der Waals surface area contributed by atoms with E-state index in [1.807, 2.05) is 66.7 Å². The van der Waals surface area contributed by atoms with Crippen LogP contribution in [0.15, 0.2) is 72.8 Å². The van der Waals surface area contributed by atoms with E-state index in [1.165, 1.54) is 11.3 Å². The molecule has 3 aromatic carbocycles. The van der Waals surface area contributed by atoms with E-state index in [0.29, 0.717) is 6.61 Å². The summed E-state index contributed by atoms with van der Waals surface area (Å²) in [5.41, 5.74) is 4.64. The smallest absolute Gasteiger partial charge is 0.161 e. The van der Waals surface area contributed by atoms with Gasteiger partial charge in [0.15, 0.2) is 17.6 Å². The summed E-state index contributed by atoms with van der Waals surface area (Å²) in [7, 11) is 0. The van der Waals surface area contributed by atoms with Crippen LogP contribution in [0.4, 0.5) is 5.69 Å².